The van der Waals surface area contributed by atoms with Crippen LogP contribution in [0.4, 0.5) is 0 Å². The van der Waals surface area contributed by atoms with Crippen molar-refractivity contribution in [3.05, 3.63) is 29.8 Å². The average molecular weight is 331 g/mol. The first-order chi connectivity index (χ1) is 9.88. The lowest BCUT2D eigenvalue weighted by Gasteiger charge is -2.25. The molecule has 0 amide bonds. The first kappa shape index (κ1) is 16.1. The van der Waals surface area contributed by atoms with Gasteiger partial charge in [0.25, 0.3) is 0 Å². The molecule has 0 aromatic heterocycles. The minimum absolute atomic E-state index is 0.0218. The van der Waals surface area contributed by atoms with E-state index in [4.69, 9.17) is 5.11 Å². The summed E-state index contributed by atoms with van der Waals surface area (Å²) in [6.07, 6.45) is 0. The van der Waals surface area contributed by atoms with Crippen LogP contribution in [0, 0.1) is 0 Å². The van der Waals surface area contributed by atoms with E-state index in [9.17, 15) is 17.4 Å². The highest BCUT2D eigenvalue weighted by Crippen LogP contribution is 2.13. The first-order valence-electron chi connectivity index (χ1n) is 6.52. The van der Waals surface area contributed by atoms with E-state index in [0.29, 0.717) is 31.1 Å². The van der Waals surface area contributed by atoms with E-state index in [1.807, 2.05) is 4.90 Å². The second kappa shape index (κ2) is 6.67. The lowest BCUT2D eigenvalue weighted by Crippen LogP contribution is -2.40. The van der Waals surface area contributed by atoms with E-state index < -0.39 is 26.6 Å². The van der Waals surface area contributed by atoms with Gasteiger partial charge in [0, 0.05) is 41.9 Å². The van der Waals surface area contributed by atoms with E-state index >= 15 is 0 Å². The van der Waals surface area contributed by atoms with E-state index in [1.54, 1.807) is 0 Å². The lowest BCUT2D eigenvalue weighted by molar-refractivity contribution is 0.0696. The molecule has 1 N–H and O–H groups in total. The molecule has 1 aromatic carbocycles. The molecule has 1 aliphatic rings. The van der Waals surface area contributed by atoms with Crippen LogP contribution in [0.2, 0.25) is 0 Å². The predicted octanol–water partition coefficient (Wildman–Crippen LogP) is 0.223. The van der Waals surface area contributed by atoms with Crippen LogP contribution in [0.5, 0.6) is 0 Å². The maximum atomic E-state index is 12.2. The molecule has 0 radical (unpaired) electrons. The zero-order valence-electron chi connectivity index (χ0n) is 11.4. The van der Waals surface area contributed by atoms with Gasteiger partial charge in [0.2, 0.25) is 0 Å². The molecule has 1 heterocycles. The monoisotopic (exact) mass is 331 g/mol. The number of nitrogens with zero attached hydrogens (tertiary/aromatic N) is 1. The number of aromatic carboxylic acids is 1. The molecule has 0 atom stereocenters. The number of hydrogen-bond donors (Lipinski definition) is 1. The summed E-state index contributed by atoms with van der Waals surface area (Å²) in [5.41, 5.74) is 0.0625. The molecule has 1 aromatic rings. The molecule has 0 bridgehead atoms. The van der Waals surface area contributed by atoms with E-state index in [2.05, 4.69) is 0 Å². The van der Waals surface area contributed by atoms with Crippen LogP contribution < -0.4 is 0 Å². The van der Waals surface area contributed by atoms with Gasteiger partial charge in [0.15, 0.2) is 9.84 Å². The topological polar surface area (TPSA) is 91.8 Å². The smallest absolute Gasteiger partial charge is 0.335 e. The predicted molar refractivity (Wildman–Crippen MR) is 79.8 cm³/mol. The number of benzene rings is 1. The quantitative estimate of drug-likeness (QED) is 0.830. The highest BCUT2D eigenvalue weighted by molar-refractivity contribution is 7.91. The molecule has 2 rings (SSSR count). The third kappa shape index (κ3) is 4.36. The summed E-state index contributed by atoms with van der Waals surface area (Å²) in [5.74, 6) is 0.0764. The first-order valence-corrected chi connectivity index (χ1v) is 9.66. The summed E-state index contributed by atoms with van der Waals surface area (Å²) in [6, 6.07) is 5.23. The maximum absolute atomic E-state index is 12.2. The van der Waals surface area contributed by atoms with Gasteiger partial charge in [-0.05, 0) is 24.3 Å². The minimum atomic E-state index is -3.43. The number of carbonyl (C=O) groups is 1. The average Bonchev–Trinajstić information content (AvgIpc) is 2.47. The van der Waals surface area contributed by atoms with Gasteiger partial charge in [-0.3, -0.25) is 4.21 Å². The van der Waals surface area contributed by atoms with Gasteiger partial charge in [-0.15, -0.1) is 0 Å². The lowest BCUT2D eigenvalue weighted by atomic mass is 10.2. The van der Waals surface area contributed by atoms with E-state index in [-0.39, 0.29) is 16.2 Å². The molecule has 1 aliphatic heterocycles. The van der Waals surface area contributed by atoms with Crippen molar-refractivity contribution in [2.45, 2.75) is 4.90 Å². The van der Waals surface area contributed by atoms with Crippen LogP contribution in [0.1, 0.15) is 10.4 Å². The zero-order chi connectivity index (χ0) is 15.5. The van der Waals surface area contributed by atoms with Crippen LogP contribution in [0.3, 0.4) is 0 Å². The Hall–Kier alpha value is -1.25. The Morgan fingerprint density at radius 1 is 1.19 bits per heavy atom. The van der Waals surface area contributed by atoms with Crippen molar-refractivity contribution in [3.63, 3.8) is 0 Å². The molecule has 0 unspecified atom stereocenters. The number of rotatable bonds is 5. The molecule has 0 aliphatic carbocycles. The fourth-order valence-electron chi connectivity index (χ4n) is 2.07. The summed E-state index contributed by atoms with van der Waals surface area (Å²) >= 11 is 0. The Bertz CT molecular complexity index is 629. The Morgan fingerprint density at radius 2 is 1.76 bits per heavy atom. The summed E-state index contributed by atoms with van der Waals surface area (Å²) < 4.78 is 35.6. The van der Waals surface area contributed by atoms with Crippen molar-refractivity contribution >= 4 is 26.6 Å². The highest BCUT2D eigenvalue weighted by atomic mass is 32.2. The molecular formula is C13H17NO5S2. The third-order valence-corrected chi connectivity index (χ3v) is 6.39. The molecule has 1 saturated heterocycles. The van der Waals surface area contributed by atoms with Crippen LogP contribution in [-0.4, -0.2) is 65.5 Å². The number of carboxylic acids is 1. The molecule has 1 fully saturated rings. The SMILES string of the molecule is O=C(O)c1ccc(S(=O)(=O)CCN2CCS(=O)CC2)cc1. The van der Waals surface area contributed by atoms with Crippen LogP contribution >= 0.6 is 0 Å². The van der Waals surface area contributed by atoms with Crippen molar-refractivity contribution in [2.75, 3.05) is 36.9 Å². The van der Waals surface area contributed by atoms with Crippen molar-refractivity contribution < 1.29 is 22.5 Å². The maximum Gasteiger partial charge on any atom is 0.335 e. The molecule has 0 saturated carbocycles. The van der Waals surface area contributed by atoms with Gasteiger partial charge in [0.1, 0.15) is 0 Å². The summed E-state index contributed by atoms with van der Waals surface area (Å²) in [4.78, 5) is 12.9. The van der Waals surface area contributed by atoms with Crippen molar-refractivity contribution in [3.8, 4) is 0 Å². The Morgan fingerprint density at radius 3 is 2.29 bits per heavy atom. The fraction of sp³-hybridized carbons (Fsp3) is 0.462. The second-order valence-electron chi connectivity index (χ2n) is 4.84. The van der Waals surface area contributed by atoms with Crippen molar-refractivity contribution in [2.24, 2.45) is 0 Å². The minimum Gasteiger partial charge on any atom is -0.478 e. The molecule has 0 spiro atoms. The largest absolute Gasteiger partial charge is 0.478 e. The number of hydrogen-bond acceptors (Lipinski definition) is 5. The van der Waals surface area contributed by atoms with E-state index in [1.165, 1.54) is 24.3 Å². The van der Waals surface area contributed by atoms with Gasteiger partial charge < -0.3 is 10.0 Å². The van der Waals surface area contributed by atoms with Crippen LogP contribution in [-0.2, 0) is 20.6 Å². The van der Waals surface area contributed by atoms with Gasteiger partial charge in [0.05, 0.1) is 16.2 Å². The molecule has 21 heavy (non-hydrogen) atoms. The molecule has 6 nitrogen and oxygen atoms in total. The molecule has 8 heteroatoms. The Balaban J connectivity index is 1.98. The second-order valence-corrected chi connectivity index (χ2v) is 8.64. The standard InChI is InChI=1S/C13H17NO5S2/c15-13(16)11-1-3-12(4-2-11)21(18,19)10-7-14-5-8-20(17)9-6-14/h1-4H,5-10H2,(H,15,16). The van der Waals surface area contributed by atoms with Gasteiger partial charge in [-0.2, -0.15) is 0 Å². The number of sulfone groups is 1. The van der Waals surface area contributed by atoms with Crippen molar-refractivity contribution in [1.29, 1.82) is 0 Å². The Kier molecular flexibility index (Phi) is 5.13. The summed E-state index contributed by atoms with van der Waals surface area (Å²) in [6.45, 7) is 1.71. The van der Waals surface area contributed by atoms with Gasteiger partial charge in [-0.25, -0.2) is 13.2 Å². The highest BCUT2D eigenvalue weighted by Gasteiger charge is 2.20. The normalized spacial score (nSPS) is 17.7. The summed E-state index contributed by atoms with van der Waals surface area (Å²) in [7, 11) is -4.20. The third-order valence-electron chi connectivity index (χ3n) is 3.41. The van der Waals surface area contributed by atoms with Crippen LogP contribution in [0.25, 0.3) is 0 Å². The molecular weight excluding hydrogens is 314 g/mol. The fourth-order valence-corrected chi connectivity index (χ4v) is 4.48. The summed E-state index contributed by atoms with van der Waals surface area (Å²) in [5, 5.41) is 8.79. The number of carboxylic acid groups (broad SMARTS) is 1. The zero-order valence-corrected chi connectivity index (χ0v) is 13.0. The van der Waals surface area contributed by atoms with Crippen molar-refractivity contribution in [1.82, 2.24) is 4.90 Å². The van der Waals surface area contributed by atoms with Gasteiger partial charge in [-0.1, -0.05) is 0 Å². The Labute approximate surface area is 126 Å². The molecule has 116 valence electrons. The van der Waals surface area contributed by atoms with Crippen LogP contribution in [0.15, 0.2) is 29.2 Å². The van der Waals surface area contributed by atoms with Gasteiger partial charge >= 0.3 is 5.97 Å². The van der Waals surface area contributed by atoms with E-state index in [0.717, 1.165) is 0 Å².